The molecule has 6 heteroatoms. The highest BCUT2D eigenvalue weighted by Gasteiger charge is 2.04. The van der Waals surface area contributed by atoms with E-state index in [1.54, 1.807) is 6.20 Å². The number of nitrogens with two attached hydrogens (primary N) is 1. The summed E-state index contributed by atoms with van der Waals surface area (Å²) in [5.41, 5.74) is 7.01. The zero-order valence-corrected chi connectivity index (χ0v) is 8.97. The fourth-order valence-electron chi connectivity index (χ4n) is 1.07. The number of nitrogens with one attached hydrogen (secondary N) is 1. The average molecular weight is 222 g/mol. The lowest BCUT2D eigenvalue weighted by atomic mass is 10.2. The predicted molar refractivity (Wildman–Crippen MR) is 58.8 cm³/mol. The summed E-state index contributed by atoms with van der Waals surface area (Å²) >= 11 is 0. The van der Waals surface area contributed by atoms with E-state index >= 15 is 0 Å². The van der Waals surface area contributed by atoms with Crippen LogP contribution in [0.3, 0.4) is 0 Å². The van der Waals surface area contributed by atoms with Gasteiger partial charge in [-0.3, -0.25) is 9.78 Å². The van der Waals surface area contributed by atoms with Gasteiger partial charge >= 0.3 is 0 Å². The number of pyridine rings is 1. The van der Waals surface area contributed by atoms with E-state index < -0.39 is 0 Å². The number of aromatic nitrogens is 1. The van der Waals surface area contributed by atoms with Crippen molar-refractivity contribution in [3.63, 3.8) is 0 Å². The molecule has 1 rings (SSSR count). The van der Waals surface area contributed by atoms with Gasteiger partial charge in [0.05, 0.1) is 6.42 Å². The summed E-state index contributed by atoms with van der Waals surface area (Å²) in [6.07, 6.45) is 1.58. The van der Waals surface area contributed by atoms with Gasteiger partial charge in [-0.05, 0) is 18.6 Å². The number of hydrogen-bond acceptors (Lipinski definition) is 4. The van der Waals surface area contributed by atoms with Crippen LogP contribution in [0.1, 0.15) is 17.7 Å². The maximum atomic E-state index is 11.2. The molecule has 1 amide bonds. The van der Waals surface area contributed by atoms with E-state index in [0.717, 1.165) is 11.3 Å². The molecular formula is C10H14N4O2. The molecule has 4 N–H and O–H groups in total. The van der Waals surface area contributed by atoms with Gasteiger partial charge in [-0.2, -0.15) is 0 Å². The van der Waals surface area contributed by atoms with Crippen LogP contribution >= 0.6 is 0 Å². The maximum Gasteiger partial charge on any atom is 0.227 e. The Kier molecular flexibility index (Phi) is 4.26. The standard InChI is InChI=1S/C10H14N4O2/c1-7-2-3-8(5-12-7)6-13-10(15)4-9(11)14-16/h2-3,5,16H,4,6H2,1H3,(H2,11,14)(H,13,15). The molecule has 0 bridgehead atoms. The lowest BCUT2D eigenvalue weighted by molar-refractivity contribution is -0.120. The molecule has 0 unspecified atom stereocenters. The van der Waals surface area contributed by atoms with Gasteiger partial charge < -0.3 is 16.3 Å². The second-order valence-electron chi connectivity index (χ2n) is 3.35. The van der Waals surface area contributed by atoms with Crippen molar-refractivity contribution in [1.29, 1.82) is 0 Å². The Morgan fingerprint density at radius 1 is 1.62 bits per heavy atom. The Morgan fingerprint density at radius 3 is 2.94 bits per heavy atom. The van der Waals surface area contributed by atoms with E-state index in [1.807, 2.05) is 19.1 Å². The smallest absolute Gasteiger partial charge is 0.227 e. The van der Waals surface area contributed by atoms with Crippen LogP contribution in [-0.4, -0.2) is 21.9 Å². The summed E-state index contributed by atoms with van der Waals surface area (Å²) in [6, 6.07) is 3.75. The van der Waals surface area contributed by atoms with Crippen molar-refractivity contribution >= 4 is 11.7 Å². The first-order valence-electron chi connectivity index (χ1n) is 4.76. The molecule has 0 aliphatic rings. The van der Waals surface area contributed by atoms with Gasteiger partial charge in [0.1, 0.15) is 5.84 Å². The summed E-state index contributed by atoms with van der Waals surface area (Å²) in [5, 5.41) is 13.6. The fourth-order valence-corrected chi connectivity index (χ4v) is 1.07. The lowest BCUT2D eigenvalue weighted by Gasteiger charge is -2.04. The van der Waals surface area contributed by atoms with Crippen LogP contribution in [0.25, 0.3) is 0 Å². The topological polar surface area (TPSA) is 101 Å². The second-order valence-corrected chi connectivity index (χ2v) is 3.35. The van der Waals surface area contributed by atoms with E-state index in [0.29, 0.717) is 6.54 Å². The first kappa shape index (κ1) is 12.0. The number of rotatable bonds is 4. The highest BCUT2D eigenvalue weighted by atomic mass is 16.4. The Labute approximate surface area is 93.2 Å². The van der Waals surface area contributed by atoms with Crippen LogP contribution in [0.4, 0.5) is 0 Å². The minimum Gasteiger partial charge on any atom is -0.409 e. The summed E-state index contributed by atoms with van der Waals surface area (Å²) in [4.78, 5) is 15.3. The van der Waals surface area contributed by atoms with Gasteiger partial charge in [0.15, 0.2) is 0 Å². The van der Waals surface area contributed by atoms with Crippen molar-refractivity contribution in [2.45, 2.75) is 19.9 Å². The Bertz CT molecular complexity index is 386. The molecule has 0 saturated heterocycles. The zero-order chi connectivity index (χ0) is 12.0. The fraction of sp³-hybridized carbons (Fsp3) is 0.300. The van der Waals surface area contributed by atoms with Crippen molar-refractivity contribution < 1.29 is 10.0 Å². The molecule has 16 heavy (non-hydrogen) atoms. The molecule has 0 aromatic carbocycles. The van der Waals surface area contributed by atoms with Gasteiger partial charge in [0.25, 0.3) is 0 Å². The lowest BCUT2D eigenvalue weighted by Crippen LogP contribution is -2.28. The Morgan fingerprint density at radius 2 is 2.38 bits per heavy atom. The second kappa shape index (κ2) is 5.69. The minimum atomic E-state index is -0.295. The molecule has 0 spiro atoms. The SMILES string of the molecule is Cc1ccc(CNC(=O)CC(N)=NO)cn1. The molecule has 1 aromatic heterocycles. The number of nitrogens with zero attached hydrogens (tertiary/aromatic N) is 2. The van der Waals surface area contributed by atoms with Crippen molar-refractivity contribution in [3.05, 3.63) is 29.6 Å². The number of carbonyl (C=O) groups excluding carboxylic acids is 1. The highest BCUT2D eigenvalue weighted by Crippen LogP contribution is 1.98. The Balaban J connectivity index is 2.40. The van der Waals surface area contributed by atoms with E-state index in [9.17, 15) is 4.79 Å². The molecular weight excluding hydrogens is 208 g/mol. The molecule has 0 aliphatic carbocycles. The largest absolute Gasteiger partial charge is 0.409 e. The van der Waals surface area contributed by atoms with E-state index in [1.165, 1.54) is 0 Å². The molecule has 86 valence electrons. The number of amides is 1. The van der Waals surface area contributed by atoms with Gasteiger partial charge in [-0.15, -0.1) is 0 Å². The summed E-state index contributed by atoms with van der Waals surface area (Å²) in [5.74, 6) is -0.407. The number of aryl methyl sites for hydroxylation is 1. The van der Waals surface area contributed by atoms with Crippen LogP contribution in [0.5, 0.6) is 0 Å². The highest BCUT2D eigenvalue weighted by molar-refractivity contribution is 5.98. The zero-order valence-electron chi connectivity index (χ0n) is 8.97. The van der Waals surface area contributed by atoms with Gasteiger partial charge in [-0.25, -0.2) is 0 Å². The Hall–Kier alpha value is -2.11. The van der Waals surface area contributed by atoms with Crippen molar-refractivity contribution in [1.82, 2.24) is 10.3 Å². The van der Waals surface area contributed by atoms with E-state index in [-0.39, 0.29) is 18.2 Å². The maximum absolute atomic E-state index is 11.2. The molecule has 0 aliphatic heterocycles. The number of amidine groups is 1. The van der Waals surface area contributed by atoms with Gasteiger partial charge in [0.2, 0.25) is 5.91 Å². The summed E-state index contributed by atoms with van der Waals surface area (Å²) < 4.78 is 0. The molecule has 6 nitrogen and oxygen atoms in total. The molecule has 0 saturated carbocycles. The van der Waals surface area contributed by atoms with Gasteiger partial charge in [-0.1, -0.05) is 11.2 Å². The number of carbonyl (C=O) groups is 1. The third-order valence-electron chi connectivity index (χ3n) is 1.93. The van der Waals surface area contributed by atoms with Crippen LogP contribution < -0.4 is 11.1 Å². The molecule has 0 atom stereocenters. The third kappa shape index (κ3) is 3.95. The van der Waals surface area contributed by atoms with Crippen LogP contribution in [-0.2, 0) is 11.3 Å². The van der Waals surface area contributed by atoms with Crippen LogP contribution in [0.2, 0.25) is 0 Å². The van der Waals surface area contributed by atoms with E-state index in [4.69, 9.17) is 10.9 Å². The minimum absolute atomic E-state index is 0.112. The quantitative estimate of drug-likeness (QED) is 0.292. The molecule has 1 heterocycles. The first-order valence-corrected chi connectivity index (χ1v) is 4.76. The molecule has 1 aromatic rings. The average Bonchev–Trinajstić information content (AvgIpc) is 2.28. The normalized spacial score (nSPS) is 11.2. The predicted octanol–water partition coefficient (Wildman–Crippen LogP) is 0.143. The first-order chi connectivity index (χ1) is 7.61. The molecule has 0 fully saturated rings. The van der Waals surface area contributed by atoms with Crippen molar-refractivity contribution in [3.8, 4) is 0 Å². The number of oxime groups is 1. The summed E-state index contributed by atoms with van der Waals surface area (Å²) in [6.45, 7) is 2.27. The van der Waals surface area contributed by atoms with Crippen LogP contribution in [0, 0.1) is 6.92 Å². The van der Waals surface area contributed by atoms with E-state index in [2.05, 4.69) is 15.5 Å². The van der Waals surface area contributed by atoms with Gasteiger partial charge in [0, 0.05) is 18.4 Å². The monoisotopic (exact) mass is 222 g/mol. The van der Waals surface area contributed by atoms with Crippen LogP contribution in [0.15, 0.2) is 23.5 Å². The number of hydrogen-bond donors (Lipinski definition) is 3. The van der Waals surface area contributed by atoms with Crippen molar-refractivity contribution in [2.24, 2.45) is 10.9 Å². The van der Waals surface area contributed by atoms with Crippen molar-refractivity contribution in [2.75, 3.05) is 0 Å². The third-order valence-corrected chi connectivity index (χ3v) is 1.93. The molecule has 0 radical (unpaired) electrons. The summed E-state index contributed by atoms with van der Waals surface area (Å²) in [7, 11) is 0.